The molecule has 0 atom stereocenters. The number of aliphatic hydroxyl groups is 1. The number of benzene rings is 2. The molecule has 2 heterocycles. The number of nitrogens with one attached hydrogen (secondary N) is 1. The number of fused-ring (bicyclic) bond motifs is 1. The summed E-state index contributed by atoms with van der Waals surface area (Å²) in [5.41, 5.74) is 4.19. The van der Waals surface area contributed by atoms with Gasteiger partial charge in [-0.3, -0.25) is 9.78 Å². The minimum absolute atomic E-state index is 0.0500. The predicted octanol–water partition coefficient (Wildman–Crippen LogP) is 3.74. The van der Waals surface area contributed by atoms with Gasteiger partial charge in [0.15, 0.2) is 0 Å². The first-order valence-electron chi connectivity index (χ1n) is 8.81. The van der Waals surface area contributed by atoms with Crippen LogP contribution < -0.4 is 4.74 Å². The Morgan fingerprint density at radius 1 is 1.18 bits per heavy atom. The van der Waals surface area contributed by atoms with Crippen molar-refractivity contribution in [2.45, 2.75) is 6.54 Å². The Bertz CT molecular complexity index is 1150. The number of aliphatic hydroxyl groups excluding tert-OH is 1. The van der Waals surface area contributed by atoms with E-state index in [9.17, 15) is 4.39 Å². The van der Waals surface area contributed by atoms with Crippen molar-refractivity contribution in [3.05, 3.63) is 65.9 Å². The number of ether oxygens (including phenoxy) is 1. The molecule has 0 spiro atoms. The van der Waals surface area contributed by atoms with Crippen molar-refractivity contribution in [3.8, 4) is 16.9 Å². The molecule has 0 bridgehead atoms. The van der Waals surface area contributed by atoms with Crippen LogP contribution in [0.15, 0.2) is 48.8 Å². The molecular formula is C21H19FN4O2. The van der Waals surface area contributed by atoms with Gasteiger partial charge < -0.3 is 9.84 Å². The Labute approximate surface area is 160 Å². The summed E-state index contributed by atoms with van der Waals surface area (Å²) in [5.74, 6) is 0.134. The molecule has 0 aliphatic carbocycles. The summed E-state index contributed by atoms with van der Waals surface area (Å²) in [6.07, 6.45) is 7.42. The quantitative estimate of drug-likeness (QED) is 0.536. The molecule has 2 N–H and O–H groups in total. The zero-order chi connectivity index (χ0) is 19.5. The van der Waals surface area contributed by atoms with Crippen molar-refractivity contribution in [3.63, 3.8) is 0 Å². The number of rotatable bonds is 6. The maximum atomic E-state index is 13.8. The van der Waals surface area contributed by atoms with Crippen LogP contribution in [-0.4, -0.2) is 38.8 Å². The molecule has 28 heavy (non-hydrogen) atoms. The molecular weight excluding hydrogens is 359 g/mol. The van der Waals surface area contributed by atoms with Crippen LogP contribution in [0.2, 0.25) is 0 Å². The van der Waals surface area contributed by atoms with Crippen molar-refractivity contribution in [2.24, 2.45) is 0 Å². The summed E-state index contributed by atoms with van der Waals surface area (Å²) < 4.78 is 20.6. The van der Waals surface area contributed by atoms with Gasteiger partial charge in [0.05, 0.1) is 37.7 Å². The number of hydrogen-bond donors (Lipinski definition) is 2. The summed E-state index contributed by atoms with van der Waals surface area (Å²) in [6, 6.07) is 10.5. The first kappa shape index (κ1) is 17.9. The molecule has 0 saturated carbocycles. The van der Waals surface area contributed by atoms with Crippen molar-refractivity contribution >= 4 is 23.1 Å². The van der Waals surface area contributed by atoms with Gasteiger partial charge in [0.1, 0.15) is 11.6 Å². The third-order valence-corrected chi connectivity index (χ3v) is 4.45. The molecule has 0 fully saturated rings. The van der Waals surface area contributed by atoms with Crippen molar-refractivity contribution in [1.29, 1.82) is 0 Å². The van der Waals surface area contributed by atoms with Crippen LogP contribution >= 0.6 is 0 Å². The number of H-pyrrole nitrogens is 1. The molecule has 4 rings (SSSR count). The van der Waals surface area contributed by atoms with Crippen molar-refractivity contribution in [2.75, 3.05) is 13.7 Å². The predicted molar refractivity (Wildman–Crippen MR) is 106 cm³/mol. The highest BCUT2D eigenvalue weighted by Crippen LogP contribution is 2.29. The smallest absolute Gasteiger partial charge is 0.127 e. The summed E-state index contributed by atoms with van der Waals surface area (Å²) in [7, 11) is 1.52. The summed E-state index contributed by atoms with van der Waals surface area (Å²) in [4.78, 5) is 0. The van der Waals surface area contributed by atoms with Crippen LogP contribution in [-0.2, 0) is 6.54 Å². The fourth-order valence-electron chi connectivity index (χ4n) is 3.06. The van der Waals surface area contributed by atoms with E-state index in [2.05, 4.69) is 15.3 Å². The Kier molecular flexibility index (Phi) is 4.90. The lowest BCUT2D eigenvalue weighted by Crippen LogP contribution is -2.01. The Hall–Kier alpha value is -3.45. The minimum Gasteiger partial charge on any atom is -0.497 e. The van der Waals surface area contributed by atoms with E-state index < -0.39 is 0 Å². The lowest BCUT2D eigenvalue weighted by molar-refractivity contribution is 0.269. The van der Waals surface area contributed by atoms with Crippen molar-refractivity contribution < 1.29 is 14.2 Å². The highest BCUT2D eigenvalue weighted by Gasteiger charge is 2.08. The van der Waals surface area contributed by atoms with Crippen LogP contribution in [0.3, 0.4) is 0 Å². The number of aromatic nitrogens is 4. The molecule has 6 nitrogen and oxygen atoms in total. The van der Waals surface area contributed by atoms with Crippen molar-refractivity contribution in [1.82, 2.24) is 20.0 Å². The van der Waals surface area contributed by atoms with Crippen LogP contribution in [0.25, 0.3) is 34.2 Å². The maximum Gasteiger partial charge on any atom is 0.127 e. The van der Waals surface area contributed by atoms with Gasteiger partial charge in [-0.1, -0.05) is 6.07 Å². The van der Waals surface area contributed by atoms with Gasteiger partial charge in [-0.25, -0.2) is 4.39 Å². The van der Waals surface area contributed by atoms with Gasteiger partial charge in [-0.05, 0) is 47.5 Å². The van der Waals surface area contributed by atoms with Crippen LogP contribution in [0, 0.1) is 5.82 Å². The molecule has 2 aromatic heterocycles. The fraction of sp³-hybridized carbons (Fsp3) is 0.143. The van der Waals surface area contributed by atoms with Gasteiger partial charge >= 0.3 is 0 Å². The summed E-state index contributed by atoms with van der Waals surface area (Å²) >= 11 is 0. The Balaban J connectivity index is 1.62. The second-order valence-electron chi connectivity index (χ2n) is 6.34. The lowest BCUT2D eigenvalue weighted by Gasteiger charge is -2.06. The minimum atomic E-state index is -0.343. The molecule has 4 aromatic rings. The maximum absolute atomic E-state index is 13.8. The Morgan fingerprint density at radius 3 is 2.89 bits per heavy atom. The van der Waals surface area contributed by atoms with Crippen LogP contribution in [0.5, 0.6) is 5.75 Å². The van der Waals surface area contributed by atoms with E-state index in [1.165, 1.54) is 19.2 Å². The van der Waals surface area contributed by atoms with E-state index in [1.807, 2.05) is 36.5 Å². The zero-order valence-electron chi connectivity index (χ0n) is 15.3. The number of methoxy groups -OCH3 is 1. The standard InChI is InChI=1S/C21H19FN4O2/c1-28-18-9-16(8-17(22)11-18)15-3-4-19-20(24-25-21(19)10-15)5-2-14-12-23-26(13-14)6-7-27/h2-5,8-13,27H,6-7H2,1H3,(H,24,25)/b5-2+. The van der Waals surface area contributed by atoms with Gasteiger partial charge in [0, 0.05) is 23.2 Å². The van der Waals surface area contributed by atoms with Crippen LogP contribution in [0.4, 0.5) is 4.39 Å². The summed E-state index contributed by atoms with van der Waals surface area (Å²) in [5, 5.41) is 21.5. The molecule has 0 aliphatic heterocycles. The average molecular weight is 378 g/mol. The number of aromatic amines is 1. The second-order valence-corrected chi connectivity index (χ2v) is 6.34. The Morgan fingerprint density at radius 2 is 2.07 bits per heavy atom. The molecule has 0 unspecified atom stereocenters. The fourth-order valence-corrected chi connectivity index (χ4v) is 3.06. The first-order valence-corrected chi connectivity index (χ1v) is 8.81. The first-order chi connectivity index (χ1) is 13.7. The SMILES string of the molecule is COc1cc(F)cc(-c2ccc3c(/C=C/c4cnn(CCO)c4)n[nH]c3c2)c1. The average Bonchev–Trinajstić information content (AvgIpc) is 3.32. The summed E-state index contributed by atoms with van der Waals surface area (Å²) in [6.45, 7) is 0.515. The van der Waals surface area contributed by atoms with Crippen LogP contribution in [0.1, 0.15) is 11.3 Å². The zero-order valence-corrected chi connectivity index (χ0v) is 15.3. The second kappa shape index (κ2) is 7.66. The van der Waals surface area contributed by atoms with E-state index in [1.54, 1.807) is 16.9 Å². The third kappa shape index (κ3) is 3.65. The number of halogens is 1. The van der Waals surface area contributed by atoms with E-state index in [0.29, 0.717) is 12.3 Å². The number of nitrogens with zero attached hydrogens (tertiary/aromatic N) is 3. The molecule has 0 aliphatic rings. The molecule has 0 amide bonds. The topological polar surface area (TPSA) is 76.0 Å². The normalized spacial score (nSPS) is 11.5. The monoisotopic (exact) mass is 378 g/mol. The number of hydrogen-bond acceptors (Lipinski definition) is 4. The van der Waals surface area contributed by atoms with E-state index in [0.717, 1.165) is 33.3 Å². The third-order valence-electron chi connectivity index (χ3n) is 4.45. The van der Waals surface area contributed by atoms with Gasteiger partial charge in [-0.2, -0.15) is 10.2 Å². The van der Waals surface area contributed by atoms with Gasteiger partial charge in [0.2, 0.25) is 0 Å². The molecule has 2 aromatic carbocycles. The molecule has 0 radical (unpaired) electrons. The van der Waals surface area contributed by atoms with Gasteiger partial charge in [0.25, 0.3) is 0 Å². The van der Waals surface area contributed by atoms with E-state index in [4.69, 9.17) is 9.84 Å². The largest absolute Gasteiger partial charge is 0.497 e. The highest BCUT2D eigenvalue weighted by molar-refractivity contribution is 5.92. The lowest BCUT2D eigenvalue weighted by atomic mass is 10.0. The molecule has 0 saturated heterocycles. The molecule has 142 valence electrons. The highest BCUT2D eigenvalue weighted by atomic mass is 19.1. The van der Waals surface area contributed by atoms with E-state index in [-0.39, 0.29) is 12.4 Å². The van der Waals surface area contributed by atoms with E-state index >= 15 is 0 Å². The van der Waals surface area contributed by atoms with Gasteiger partial charge in [-0.15, -0.1) is 0 Å². The molecule has 7 heteroatoms.